The minimum atomic E-state index is -0.939. The van der Waals surface area contributed by atoms with Gasteiger partial charge in [0.1, 0.15) is 5.82 Å². The zero-order valence-electron chi connectivity index (χ0n) is 11.9. The smallest absolute Gasteiger partial charge is 0.307 e. The molecule has 1 aliphatic carbocycles. The van der Waals surface area contributed by atoms with Crippen LogP contribution >= 0.6 is 11.6 Å². The molecule has 2 atom stereocenters. The number of carboxylic acid groups (broad SMARTS) is 1. The van der Waals surface area contributed by atoms with E-state index in [9.17, 15) is 14.7 Å². The van der Waals surface area contributed by atoms with Crippen molar-refractivity contribution in [1.82, 2.24) is 4.98 Å². The maximum absolute atomic E-state index is 12.3. The molecule has 1 aromatic rings. The lowest BCUT2D eigenvalue weighted by Gasteiger charge is -2.29. The van der Waals surface area contributed by atoms with Gasteiger partial charge in [0.2, 0.25) is 5.91 Å². The number of carbonyl (C=O) groups is 2. The highest BCUT2D eigenvalue weighted by Crippen LogP contribution is 2.34. The fourth-order valence-electron chi connectivity index (χ4n) is 2.50. The van der Waals surface area contributed by atoms with Crippen molar-refractivity contribution < 1.29 is 14.7 Å². The van der Waals surface area contributed by atoms with Crippen molar-refractivity contribution >= 4 is 29.3 Å². The molecule has 0 radical (unpaired) electrons. The average Bonchev–Trinajstić information content (AvgIpc) is 2.43. The molecule has 2 rings (SSSR count). The first-order chi connectivity index (χ1) is 9.88. The molecule has 0 saturated heterocycles. The number of halogens is 1. The van der Waals surface area contributed by atoms with Crippen molar-refractivity contribution in [2.45, 2.75) is 26.7 Å². The summed E-state index contributed by atoms with van der Waals surface area (Å²) in [6, 6.07) is 3.21. The number of carbonyl (C=O) groups excluding carboxylic acids is 1. The molecular formula is C15H17ClN2O3. The van der Waals surface area contributed by atoms with Gasteiger partial charge in [-0.15, -0.1) is 0 Å². The Morgan fingerprint density at radius 2 is 1.86 bits per heavy atom. The van der Waals surface area contributed by atoms with Crippen LogP contribution < -0.4 is 5.32 Å². The molecule has 0 saturated carbocycles. The highest BCUT2D eigenvalue weighted by molar-refractivity contribution is 6.30. The van der Waals surface area contributed by atoms with Gasteiger partial charge in [0, 0.05) is 6.20 Å². The van der Waals surface area contributed by atoms with E-state index in [1.165, 1.54) is 6.20 Å². The number of amides is 1. The third kappa shape index (κ3) is 3.61. The van der Waals surface area contributed by atoms with Crippen LogP contribution in [-0.4, -0.2) is 22.0 Å². The largest absolute Gasteiger partial charge is 0.481 e. The Balaban J connectivity index is 2.16. The molecule has 1 aromatic heterocycles. The van der Waals surface area contributed by atoms with Gasteiger partial charge in [-0.25, -0.2) is 4.98 Å². The average molecular weight is 309 g/mol. The summed E-state index contributed by atoms with van der Waals surface area (Å²) in [5.41, 5.74) is 2.13. The summed E-state index contributed by atoms with van der Waals surface area (Å²) in [6.07, 6.45) is 2.30. The minimum absolute atomic E-state index is 0.316. The summed E-state index contributed by atoms with van der Waals surface area (Å²) >= 11 is 5.74. The molecule has 5 nitrogen and oxygen atoms in total. The number of anilines is 1. The lowest BCUT2D eigenvalue weighted by molar-refractivity contribution is -0.146. The van der Waals surface area contributed by atoms with Crippen LogP contribution in [0.2, 0.25) is 5.02 Å². The van der Waals surface area contributed by atoms with Gasteiger partial charge in [0.25, 0.3) is 0 Å². The van der Waals surface area contributed by atoms with Gasteiger partial charge in [0.05, 0.1) is 16.9 Å². The molecule has 0 spiro atoms. The standard InChI is InChI=1S/C15H17ClN2O3/c1-8-5-11(12(15(20)21)6-9(8)2)14(19)18-13-4-3-10(16)7-17-13/h3-4,7,11-12H,5-6H2,1-2H3,(H,20,21)(H,17,18,19)/t11-,12-/m1/s1. The van der Waals surface area contributed by atoms with Gasteiger partial charge in [-0.3, -0.25) is 9.59 Å². The molecular weight excluding hydrogens is 292 g/mol. The molecule has 0 bridgehead atoms. The number of nitrogens with one attached hydrogen (secondary N) is 1. The zero-order chi connectivity index (χ0) is 15.6. The number of nitrogens with zero attached hydrogens (tertiary/aromatic N) is 1. The molecule has 21 heavy (non-hydrogen) atoms. The summed E-state index contributed by atoms with van der Waals surface area (Å²) in [5.74, 6) is -2.16. The Labute approximate surface area is 128 Å². The Kier molecular flexibility index (Phi) is 4.63. The predicted molar refractivity (Wildman–Crippen MR) is 80.1 cm³/mol. The van der Waals surface area contributed by atoms with Crippen LogP contribution in [0.5, 0.6) is 0 Å². The van der Waals surface area contributed by atoms with Crippen molar-refractivity contribution in [3.8, 4) is 0 Å². The van der Waals surface area contributed by atoms with E-state index in [0.717, 1.165) is 11.1 Å². The molecule has 2 N–H and O–H groups in total. The Bertz CT molecular complexity index is 595. The molecule has 1 heterocycles. The second kappa shape index (κ2) is 6.26. The van der Waals surface area contributed by atoms with Crippen LogP contribution in [-0.2, 0) is 9.59 Å². The van der Waals surface area contributed by atoms with Crippen LogP contribution in [0.1, 0.15) is 26.7 Å². The first-order valence-electron chi connectivity index (χ1n) is 6.69. The van der Waals surface area contributed by atoms with E-state index in [1.54, 1.807) is 12.1 Å². The van der Waals surface area contributed by atoms with Gasteiger partial charge in [-0.2, -0.15) is 0 Å². The quantitative estimate of drug-likeness (QED) is 0.841. The Hall–Kier alpha value is -1.88. The van der Waals surface area contributed by atoms with Crippen LogP contribution in [0, 0.1) is 11.8 Å². The Morgan fingerprint density at radius 3 is 2.38 bits per heavy atom. The van der Waals surface area contributed by atoms with Gasteiger partial charge >= 0.3 is 5.97 Å². The van der Waals surface area contributed by atoms with Crippen molar-refractivity contribution in [1.29, 1.82) is 0 Å². The third-order valence-corrected chi connectivity index (χ3v) is 4.12. The van der Waals surface area contributed by atoms with Crippen molar-refractivity contribution in [2.75, 3.05) is 5.32 Å². The normalized spacial score (nSPS) is 22.0. The SMILES string of the molecule is CC1=C(C)C[C@@H](C(=O)Nc2ccc(Cl)cn2)[C@H](C(=O)O)C1. The van der Waals surface area contributed by atoms with E-state index >= 15 is 0 Å². The molecule has 6 heteroatoms. The van der Waals surface area contributed by atoms with Crippen molar-refractivity contribution in [2.24, 2.45) is 11.8 Å². The monoisotopic (exact) mass is 308 g/mol. The van der Waals surface area contributed by atoms with Crippen LogP contribution in [0.3, 0.4) is 0 Å². The number of hydrogen-bond donors (Lipinski definition) is 2. The van der Waals surface area contributed by atoms with Crippen molar-refractivity contribution in [3.05, 3.63) is 34.5 Å². The second-order valence-corrected chi connectivity index (χ2v) is 5.81. The van der Waals surface area contributed by atoms with Crippen molar-refractivity contribution in [3.63, 3.8) is 0 Å². The van der Waals surface area contributed by atoms with Crippen LogP contribution in [0.15, 0.2) is 29.5 Å². The molecule has 1 aliphatic rings. The van der Waals surface area contributed by atoms with E-state index in [-0.39, 0.29) is 5.91 Å². The van der Waals surface area contributed by atoms with E-state index in [0.29, 0.717) is 23.7 Å². The molecule has 0 aromatic carbocycles. The number of pyridine rings is 1. The summed E-state index contributed by atoms with van der Waals surface area (Å²) in [4.78, 5) is 27.7. The first-order valence-corrected chi connectivity index (χ1v) is 7.06. The van der Waals surface area contributed by atoms with Crippen LogP contribution in [0.25, 0.3) is 0 Å². The van der Waals surface area contributed by atoms with E-state index in [2.05, 4.69) is 10.3 Å². The van der Waals surface area contributed by atoms with Gasteiger partial charge in [-0.1, -0.05) is 22.7 Å². The van der Waals surface area contributed by atoms with E-state index in [4.69, 9.17) is 11.6 Å². The lowest BCUT2D eigenvalue weighted by Crippen LogP contribution is -2.36. The van der Waals surface area contributed by atoms with E-state index < -0.39 is 17.8 Å². The zero-order valence-corrected chi connectivity index (χ0v) is 12.6. The Morgan fingerprint density at radius 1 is 1.24 bits per heavy atom. The first kappa shape index (κ1) is 15.5. The number of rotatable bonds is 3. The summed E-state index contributed by atoms with van der Waals surface area (Å²) in [7, 11) is 0. The molecule has 0 fully saturated rings. The van der Waals surface area contributed by atoms with Crippen LogP contribution in [0.4, 0.5) is 5.82 Å². The van der Waals surface area contributed by atoms with Gasteiger partial charge < -0.3 is 10.4 Å². The van der Waals surface area contributed by atoms with E-state index in [1.807, 2.05) is 13.8 Å². The summed E-state index contributed by atoms with van der Waals surface area (Å²) in [5, 5.41) is 12.5. The summed E-state index contributed by atoms with van der Waals surface area (Å²) in [6.45, 7) is 3.86. The van der Waals surface area contributed by atoms with Gasteiger partial charge in [-0.05, 0) is 38.8 Å². The highest BCUT2D eigenvalue weighted by Gasteiger charge is 2.37. The number of allylic oxidation sites excluding steroid dienone is 2. The number of aliphatic carboxylic acids is 1. The maximum atomic E-state index is 12.3. The minimum Gasteiger partial charge on any atom is -0.481 e. The number of hydrogen-bond acceptors (Lipinski definition) is 3. The van der Waals surface area contributed by atoms with Gasteiger partial charge in [0.15, 0.2) is 0 Å². The number of aromatic nitrogens is 1. The number of carboxylic acids is 1. The molecule has 1 amide bonds. The summed E-state index contributed by atoms with van der Waals surface area (Å²) < 4.78 is 0. The fourth-order valence-corrected chi connectivity index (χ4v) is 2.61. The molecule has 112 valence electrons. The highest BCUT2D eigenvalue weighted by atomic mass is 35.5. The molecule has 0 unspecified atom stereocenters. The topological polar surface area (TPSA) is 79.3 Å². The second-order valence-electron chi connectivity index (χ2n) is 5.37. The maximum Gasteiger partial charge on any atom is 0.307 e. The third-order valence-electron chi connectivity index (χ3n) is 3.90. The predicted octanol–water partition coefficient (Wildman–Crippen LogP) is 3.12. The molecule has 0 aliphatic heterocycles. The lowest BCUT2D eigenvalue weighted by atomic mass is 9.76. The fraction of sp³-hybridized carbons (Fsp3) is 0.400.